The first kappa shape index (κ1) is 44.2. The van der Waals surface area contributed by atoms with Crippen LogP contribution in [-0.2, 0) is 19.0 Å². The molecular weight excluding hydrogens is 801 g/mol. The molecule has 0 amide bonds. The summed E-state index contributed by atoms with van der Waals surface area (Å²) >= 11 is 0. The fourth-order valence-electron chi connectivity index (χ4n) is 9.87. The predicted molar refractivity (Wildman–Crippen MR) is 242 cm³/mol. The Kier molecular flexibility index (Phi) is 12.6. The lowest BCUT2D eigenvalue weighted by molar-refractivity contribution is -0.150. The Balaban J connectivity index is 1.09. The number of allylic oxidation sites excluding steroid dienone is 11. The molecule has 1 aromatic heterocycles. The van der Waals surface area contributed by atoms with E-state index in [0.29, 0.717) is 25.0 Å². The van der Waals surface area contributed by atoms with Crippen molar-refractivity contribution in [3.8, 4) is 0 Å². The maximum atomic E-state index is 13.5. The highest BCUT2D eigenvalue weighted by Crippen LogP contribution is 2.47. The Morgan fingerprint density at radius 3 is 2.52 bits per heavy atom. The van der Waals surface area contributed by atoms with Gasteiger partial charge in [-0.25, -0.2) is 19.8 Å². The number of aryl methyl sites for hydroxylation is 1. The molecule has 3 unspecified atom stereocenters. The van der Waals surface area contributed by atoms with Gasteiger partial charge in [-0.15, -0.1) is 0 Å². The molecule has 7 heterocycles. The zero-order chi connectivity index (χ0) is 44.9. The molecule has 7 aliphatic rings. The van der Waals surface area contributed by atoms with Crippen LogP contribution in [0.1, 0.15) is 118 Å². The summed E-state index contributed by atoms with van der Waals surface area (Å²) in [5.41, 5.74) is 12.8. The first-order valence-corrected chi connectivity index (χ1v) is 22.6. The molecule has 4 N–H and O–H groups in total. The van der Waals surface area contributed by atoms with E-state index in [4.69, 9.17) is 29.2 Å². The van der Waals surface area contributed by atoms with Crippen molar-refractivity contribution in [2.24, 2.45) is 26.8 Å². The van der Waals surface area contributed by atoms with Crippen molar-refractivity contribution in [2.75, 3.05) is 13.2 Å². The molecule has 6 atom stereocenters. The minimum atomic E-state index is -0.987. The summed E-state index contributed by atoms with van der Waals surface area (Å²) in [6.07, 6.45) is 11.0. The van der Waals surface area contributed by atoms with Crippen molar-refractivity contribution in [2.45, 2.75) is 138 Å². The van der Waals surface area contributed by atoms with Crippen LogP contribution in [0.4, 0.5) is 0 Å². The molecule has 1 aromatic rings. The highest BCUT2D eigenvalue weighted by molar-refractivity contribution is 6.21. The van der Waals surface area contributed by atoms with Crippen LogP contribution in [0.5, 0.6) is 0 Å². The second-order valence-electron chi connectivity index (χ2n) is 17.7. The number of fused-ring (bicyclic) bond motifs is 5. The summed E-state index contributed by atoms with van der Waals surface area (Å²) in [5, 5.41) is 26.1. The number of aliphatic imine (C=N–C) groups is 3. The standard InChI is InChI=1S/C49H60N6O8/c1-9-11-12-13-16-61-29(8)44-27(6)35-18-34-26(5)31(14-15-43(58)62-23-41-39(56)21-42(63-41)55-22-24(3)48(59)54-49(55)60)46(52-34)32-17-40(57)45-28(7)36(53-47(32)45)19-37-30(10-2)25(4)33(50-37)20-38(44)51-35/h18-20,22,26,29,31,39,41-42,52,56-57H,9-17,21,23H2,1-8H3,(H,54,59,60)/t26?,29?,31?,39-,41+,42+/m1/s1. The van der Waals surface area contributed by atoms with Crippen molar-refractivity contribution >= 4 is 23.1 Å². The predicted octanol–water partition coefficient (Wildman–Crippen LogP) is 7.47. The third kappa shape index (κ3) is 8.40. The number of H-pyrrole nitrogens is 1. The van der Waals surface area contributed by atoms with E-state index in [2.05, 4.69) is 64.0 Å². The summed E-state index contributed by atoms with van der Waals surface area (Å²) in [7, 11) is 0. The number of esters is 1. The van der Waals surface area contributed by atoms with Crippen LogP contribution >= 0.6 is 0 Å². The lowest BCUT2D eigenvalue weighted by Gasteiger charge is -2.19. The zero-order valence-electron chi connectivity index (χ0n) is 37.7. The van der Waals surface area contributed by atoms with Crippen molar-refractivity contribution in [3.05, 3.63) is 124 Å². The summed E-state index contributed by atoms with van der Waals surface area (Å²) in [5.74, 6) is -0.426. The molecule has 2 saturated heterocycles. The van der Waals surface area contributed by atoms with E-state index in [1.807, 2.05) is 13.0 Å². The SMILES string of the molecule is CCCCCCOC(C)C1=C(C)C2=NC1=CC1=NC(=CC3=C(C)C4=C(O)CC(=C5NC(=C2)C(C)C5CCC(=O)OC[C@@H]2O[C@H](n5cc(C)c(=O)[nH]c5=O)C[C@H]2O)C4=N3)C(CC)=C1C. The molecular formula is C49H60N6O8. The van der Waals surface area contributed by atoms with Gasteiger partial charge >= 0.3 is 11.7 Å². The van der Waals surface area contributed by atoms with Crippen molar-refractivity contribution in [3.63, 3.8) is 0 Å². The fraction of sp³-hybridized carbons (Fsp3) is 0.510. The molecule has 0 spiro atoms. The summed E-state index contributed by atoms with van der Waals surface area (Å²) < 4.78 is 19.4. The minimum Gasteiger partial charge on any atom is -0.511 e. The van der Waals surface area contributed by atoms with Gasteiger partial charge in [0.2, 0.25) is 0 Å². The Bertz CT molecular complexity index is 2600. The molecule has 2 fully saturated rings. The summed E-state index contributed by atoms with van der Waals surface area (Å²) in [6.45, 7) is 16.8. The van der Waals surface area contributed by atoms with Gasteiger partial charge in [0.15, 0.2) is 0 Å². The van der Waals surface area contributed by atoms with Gasteiger partial charge in [0.25, 0.3) is 5.56 Å². The van der Waals surface area contributed by atoms with Gasteiger partial charge in [0.05, 0.1) is 46.4 Å². The van der Waals surface area contributed by atoms with Crippen LogP contribution in [0.3, 0.4) is 0 Å². The number of hydrogen-bond acceptors (Lipinski definition) is 12. The molecule has 334 valence electrons. The highest BCUT2D eigenvalue weighted by atomic mass is 16.6. The van der Waals surface area contributed by atoms with Crippen molar-refractivity contribution < 1.29 is 29.2 Å². The first-order valence-electron chi connectivity index (χ1n) is 22.6. The van der Waals surface area contributed by atoms with Gasteiger partial charge in [-0.05, 0) is 94.4 Å². The molecule has 6 aliphatic heterocycles. The first-order chi connectivity index (χ1) is 30.2. The molecule has 0 aromatic carbocycles. The Morgan fingerprint density at radius 1 is 1.00 bits per heavy atom. The number of aromatic amines is 1. The number of aliphatic hydroxyl groups excluding tert-OH is 2. The average Bonchev–Trinajstić information content (AvgIpc) is 4.07. The number of unbranched alkanes of at least 4 members (excludes halogenated alkanes) is 3. The number of aliphatic hydroxyl groups is 2. The average molecular weight is 861 g/mol. The molecule has 14 heteroatoms. The molecule has 14 nitrogen and oxygen atoms in total. The van der Waals surface area contributed by atoms with Crippen molar-refractivity contribution in [1.82, 2.24) is 14.9 Å². The van der Waals surface area contributed by atoms with E-state index < -0.39 is 35.7 Å². The van der Waals surface area contributed by atoms with Crippen LogP contribution in [0.2, 0.25) is 0 Å². The van der Waals surface area contributed by atoms with E-state index in [1.54, 1.807) is 6.92 Å². The van der Waals surface area contributed by atoms with Gasteiger partial charge in [-0.1, -0.05) is 40.0 Å². The molecule has 8 bridgehead atoms. The Labute approximate surface area is 368 Å². The third-order valence-electron chi connectivity index (χ3n) is 13.6. The number of rotatable bonds is 14. The van der Waals surface area contributed by atoms with E-state index in [0.717, 1.165) is 110 Å². The maximum Gasteiger partial charge on any atom is 0.330 e. The monoisotopic (exact) mass is 860 g/mol. The molecule has 8 rings (SSSR count). The zero-order valence-corrected chi connectivity index (χ0v) is 37.7. The minimum absolute atomic E-state index is 0.0726. The maximum absolute atomic E-state index is 13.5. The van der Waals surface area contributed by atoms with Gasteiger partial charge in [-0.2, -0.15) is 0 Å². The molecule has 1 aliphatic carbocycles. The molecule has 63 heavy (non-hydrogen) atoms. The van der Waals surface area contributed by atoms with Crippen molar-refractivity contribution in [1.29, 1.82) is 0 Å². The van der Waals surface area contributed by atoms with E-state index >= 15 is 0 Å². The largest absolute Gasteiger partial charge is 0.511 e. The van der Waals surface area contributed by atoms with Crippen LogP contribution in [-0.4, -0.2) is 74.4 Å². The summed E-state index contributed by atoms with van der Waals surface area (Å²) in [4.78, 5) is 55.7. The highest BCUT2D eigenvalue weighted by Gasteiger charge is 2.42. The topological polar surface area (TPSA) is 189 Å². The third-order valence-corrected chi connectivity index (χ3v) is 13.6. The van der Waals surface area contributed by atoms with Crippen LogP contribution < -0.4 is 16.6 Å². The molecule has 0 saturated carbocycles. The second-order valence-corrected chi connectivity index (χ2v) is 17.7. The number of carbonyl (C=O) groups is 1. The number of ether oxygens (including phenoxy) is 3. The van der Waals surface area contributed by atoms with Gasteiger partial charge < -0.3 is 29.7 Å². The normalized spacial score (nSPS) is 25.8. The van der Waals surface area contributed by atoms with E-state index in [1.165, 1.54) is 17.2 Å². The van der Waals surface area contributed by atoms with Gasteiger partial charge in [0, 0.05) is 77.6 Å². The lowest BCUT2D eigenvalue weighted by Crippen LogP contribution is -2.33. The van der Waals surface area contributed by atoms with Crippen LogP contribution in [0, 0.1) is 18.8 Å². The Morgan fingerprint density at radius 2 is 1.76 bits per heavy atom. The van der Waals surface area contributed by atoms with E-state index in [-0.39, 0.29) is 43.1 Å². The number of nitrogens with one attached hydrogen (secondary N) is 2. The smallest absolute Gasteiger partial charge is 0.330 e. The fourth-order valence-corrected chi connectivity index (χ4v) is 9.87. The number of carbonyl (C=O) groups excluding carboxylic acids is 1. The number of hydrogen-bond donors (Lipinski definition) is 4. The van der Waals surface area contributed by atoms with E-state index in [9.17, 15) is 24.6 Å². The molecule has 0 radical (unpaired) electrons. The second kappa shape index (κ2) is 18.0. The van der Waals surface area contributed by atoms with Crippen LogP contribution in [0.25, 0.3) is 0 Å². The quantitative estimate of drug-likeness (QED) is 0.109. The number of aromatic nitrogens is 2. The summed E-state index contributed by atoms with van der Waals surface area (Å²) in [6, 6.07) is 0. The van der Waals surface area contributed by atoms with Crippen LogP contribution in [0.15, 0.2) is 122 Å². The Hall–Kier alpha value is -5.44. The number of nitrogens with zero attached hydrogens (tertiary/aromatic N) is 4. The lowest BCUT2D eigenvalue weighted by atomic mass is 9.86. The van der Waals surface area contributed by atoms with Gasteiger partial charge in [-0.3, -0.25) is 19.1 Å². The van der Waals surface area contributed by atoms with Gasteiger partial charge in [0.1, 0.15) is 24.7 Å².